The molecule has 0 bridgehead atoms. The van der Waals surface area contributed by atoms with Crippen LogP contribution >= 0.6 is 0 Å². The third-order valence-corrected chi connectivity index (χ3v) is 7.43. The fourth-order valence-corrected chi connectivity index (χ4v) is 5.63. The van der Waals surface area contributed by atoms with E-state index in [9.17, 15) is 4.79 Å². The van der Waals surface area contributed by atoms with Crippen molar-refractivity contribution in [2.24, 2.45) is 0 Å². The lowest BCUT2D eigenvalue weighted by Crippen LogP contribution is -2.46. The van der Waals surface area contributed by atoms with Gasteiger partial charge in [-0.15, -0.1) is 0 Å². The van der Waals surface area contributed by atoms with Crippen molar-refractivity contribution in [1.82, 2.24) is 25.1 Å². The number of carbonyl (C=O) groups is 1. The second kappa shape index (κ2) is 9.08. The maximum Gasteiger partial charge on any atom is 0.245 e. The lowest BCUT2D eigenvalue weighted by molar-refractivity contribution is -0.132. The van der Waals surface area contributed by atoms with Crippen molar-refractivity contribution in [3.05, 3.63) is 23.0 Å². The Morgan fingerprint density at radius 3 is 2.72 bits per heavy atom. The third kappa shape index (κ3) is 3.95. The molecule has 5 rings (SSSR count). The summed E-state index contributed by atoms with van der Waals surface area (Å²) in [5.74, 6) is 3.15. The average Bonchev–Trinajstić information content (AvgIpc) is 3.61. The molecule has 32 heavy (non-hydrogen) atoms. The zero-order chi connectivity index (χ0) is 22.1. The standard InChI is InChI=1S/C24H35N7O/c1-3-30(4-2)23(32)20-13-8-14-31(20)24-25-18-12-7-11-17(18)22(27-24)26-21-15-19(28-29-21)16-9-5-6-10-16/h15-16,20H,3-14H2,1-2H3,(H2,25,26,27,28,29)/t20-/m1/s1. The zero-order valence-corrected chi connectivity index (χ0v) is 19.4. The number of aryl methyl sites for hydroxylation is 1. The van der Waals surface area contributed by atoms with Gasteiger partial charge in [-0.25, -0.2) is 4.98 Å². The van der Waals surface area contributed by atoms with Crippen molar-refractivity contribution in [2.45, 2.75) is 83.6 Å². The molecule has 2 aliphatic carbocycles. The molecule has 2 aromatic rings. The molecule has 2 fully saturated rings. The monoisotopic (exact) mass is 437 g/mol. The van der Waals surface area contributed by atoms with Gasteiger partial charge in [0.05, 0.1) is 5.69 Å². The first kappa shape index (κ1) is 21.2. The summed E-state index contributed by atoms with van der Waals surface area (Å²) in [6, 6.07) is 1.98. The number of amides is 1. The van der Waals surface area contributed by atoms with E-state index in [1.165, 1.54) is 36.9 Å². The lowest BCUT2D eigenvalue weighted by Gasteiger charge is -2.29. The predicted molar refractivity (Wildman–Crippen MR) is 125 cm³/mol. The first-order valence-electron chi connectivity index (χ1n) is 12.5. The minimum absolute atomic E-state index is 0.165. The van der Waals surface area contributed by atoms with Gasteiger partial charge < -0.3 is 15.1 Å². The van der Waals surface area contributed by atoms with Crippen molar-refractivity contribution in [2.75, 3.05) is 29.9 Å². The highest BCUT2D eigenvalue weighted by Gasteiger charge is 2.35. The summed E-state index contributed by atoms with van der Waals surface area (Å²) in [6.45, 7) is 6.38. The van der Waals surface area contributed by atoms with E-state index in [4.69, 9.17) is 9.97 Å². The van der Waals surface area contributed by atoms with E-state index in [2.05, 4.69) is 26.5 Å². The summed E-state index contributed by atoms with van der Waals surface area (Å²) in [4.78, 5) is 27.0. The molecule has 0 aromatic carbocycles. The Morgan fingerprint density at radius 2 is 1.94 bits per heavy atom. The number of rotatable bonds is 7. The summed E-state index contributed by atoms with van der Waals surface area (Å²) in [6.07, 6.45) is 10.00. The topological polar surface area (TPSA) is 90.0 Å². The minimum atomic E-state index is -0.165. The molecule has 1 atom stereocenters. The number of aromatic amines is 1. The second-order valence-electron chi connectivity index (χ2n) is 9.33. The molecule has 1 amide bonds. The van der Waals surface area contributed by atoms with Crippen molar-refractivity contribution in [1.29, 1.82) is 0 Å². The molecule has 3 heterocycles. The van der Waals surface area contributed by atoms with Gasteiger partial charge in [0.2, 0.25) is 11.9 Å². The molecule has 2 N–H and O–H groups in total. The number of hydrogen-bond donors (Lipinski definition) is 2. The normalized spacial score (nSPS) is 20.7. The number of anilines is 3. The molecule has 1 saturated carbocycles. The number of likely N-dealkylation sites (N-methyl/N-ethyl adjacent to an activating group) is 1. The Balaban J connectivity index is 1.41. The van der Waals surface area contributed by atoms with Gasteiger partial charge in [0.1, 0.15) is 11.9 Å². The van der Waals surface area contributed by atoms with Crippen molar-refractivity contribution >= 4 is 23.5 Å². The van der Waals surface area contributed by atoms with Gasteiger partial charge in [-0.05, 0) is 58.8 Å². The molecule has 1 aliphatic heterocycles. The summed E-state index contributed by atoms with van der Waals surface area (Å²) < 4.78 is 0. The quantitative estimate of drug-likeness (QED) is 0.682. The number of carbonyl (C=O) groups excluding carboxylic acids is 1. The fourth-order valence-electron chi connectivity index (χ4n) is 5.63. The van der Waals surface area contributed by atoms with Crippen LogP contribution in [0.1, 0.15) is 81.7 Å². The maximum absolute atomic E-state index is 13.1. The van der Waals surface area contributed by atoms with Gasteiger partial charge in [-0.1, -0.05) is 12.8 Å². The van der Waals surface area contributed by atoms with E-state index < -0.39 is 0 Å². The van der Waals surface area contributed by atoms with Crippen LogP contribution in [-0.2, 0) is 17.6 Å². The summed E-state index contributed by atoms with van der Waals surface area (Å²) in [5, 5.41) is 11.2. The predicted octanol–water partition coefficient (Wildman–Crippen LogP) is 3.93. The summed E-state index contributed by atoms with van der Waals surface area (Å²) in [5.41, 5.74) is 3.54. The number of H-pyrrole nitrogens is 1. The fraction of sp³-hybridized carbons (Fsp3) is 0.667. The van der Waals surface area contributed by atoms with Crippen LogP contribution in [0, 0.1) is 0 Å². The van der Waals surface area contributed by atoms with Crippen LogP contribution in [0.2, 0.25) is 0 Å². The SMILES string of the molecule is CCN(CC)C(=O)[C@H]1CCCN1c1nc2c(c(Nc3cc(C4CCCC4)[nH]n3)n1)CCC2. The van der Waals surface area contributed by atoms with Crippen LogP contribution in [0.3, 0.4) is 0 Å². The number of hydrogen-bond acceptors (Lipinski definition) is 6. The Labute approximate surface area is 190 Å². The number of aromatic nitrogens is 4. The Hall–Kier alpha value is -2.64. The highest BCUT2D eigenvalue weighted by Crippen LogP contribution is 2.35. The van der Waals surface area contributed by atoms with E-state index in [0.717, 1.165) is 69.1 Å². The van der Waals surface area contributed by atoms with Crippen LogP contribution in [0.5, 0.6) is 0 Å². The molecule has 0 spiro atoms. The molecule has 1 saturated heterocycles. The molecule has 2 aromatic heterocycles. The van der Waals surface area contributed by atoms with E-state index >= 15 is 0 Å². The first-order valence-corrected chi connectivity index (χ1v) is 12.5. The maximum atomic E-state index is 13.1. The largest absolute Gasteiger partial charge is 0.341 e. The van der Waals surface area contributed by atoms with E-state index in [-0.39, 0.29) is 11.9 Å². The molecule has 0 radical (unpaired) electrons. The number of nitrogens with zero attached hydrogens (tertiary/aromatic N) is 5. The van der Waals surface area contributed by atoms with Gasteiger partial charge in [0.25, 0.3) is 0 Å². The molecular weight excluding hydrogens is 402 g/mol. The Bertz CT molecular complexity index is 961. The third-order valence-electron chi connectivity index (χ3n) is 7.43. The van der Waals surface area contributed by atoms with E-state index in [1.54, 1.807) is 0 Å². The lowest BCUT2D eigenvalue weighted by atomic mass is 10.0. The van der Waals surface area contributed by atoms with Gasteiger partial charge in [0.15, 0.2) is 5.82 Å². The Morgan fingerprint density at radius 1 is 1.12 bits per heavy atom. The van der Waals surface area contributed by atoms with Crippen LogP contribution in [0.25, 0.3) is 0 Å². The average molecular weight is 438 g/mol. The van der Waals surface area contributed by atoms with E-state index in [1.807, 2.05) is 18.7 Å². The summed E-state index contributed by atoms with van der Waals surface area (Å²) >= 11 is 0. The highest BCUT2D eigenvalue weighted by molar-refractivity contribution is 5.85. The van der Waals surface area contributed by atoms with Gasteiger partial charge in [-0.2, -0.15) is 10.1 Å². The van der Waals surface area contributed by atoms with Gasteiger partial charge in [0, 0.05) is 42.9 Å². The van der Waals surface area contributed by atoms with Crippen LogP contribution in [-0.4, -0.2) is 56.6 Å². The summed E-state index contributed by atoms with van der Waals surface area (Å²) in [7, 11) is 0. The number of fused-ring (bicyclic) bond motifs is 1. The molecule has 3 aliphatic rings. The van der Waals surface area contributed by atoms with Crippen molar-refractivity contribution < 1.29 is 4.79 Å². The first-order chi connectivity index (χ1) is 15.7. The highest BCUT2D eigenvalue weighted by atomic mass is 16.2. The molecular formula is C24H35N7O. The van der Waals surface area contributed by atoms with Crippen LogP contribution in [0.15, 0.2) is 6.07 Å². The smallest absolute Gasteiger partial charge is 0.245 e. The minimum Gasteiger partial charge on any atom is -0.341 e. The van der Waals surface area contributed by atoms with Gasteiger partial charge in [-0.3, -0.25) is 9.89 Å². The second-order valence-corrected chi connectivity index (χ2v) is 9.33. The van der Waals surface area contributed by atoms with Crippen molar-refractivity contribution in [3.8, 4) is 0 Å². The van der Waals surface area contributed by atoms with E-state index in [0.29, 0.717) is 11.9 Å². The van der Waals surface area contributed by atoms with Crippen molar-refractivity contribution in [3.63, 3.8) is 0 Å². The zero-order valence-electron chi connectivity index (χ0n) is 19.4. The number of nitrogens with one attached hydrogen (secondary N) is 2. The molecule has 8 heteroatoms. The van der Waals surface area contributed by atoms with Crippen LogP contribution in [0.4, 0.5) is 17.6 Å². The van der Waals surface area contributed by atoms with Gasteiger partial charge >= 0.3 is 0 Å². The molecule has 172 valence electrons. The molecule has 0 unspecified atom stereocenters. The van der Waals surface area contributed by atoms with Crippen LogP contribution < -0.4 is 10.2 Å². The Kier molecular flexibility index (Phi) is 6.02. The molecule has 8 nitrogen and oxygen atoms in total.